The molecule has 4 heteroatoms. The first-order valence-corrected chi connectivity index (χ1v) is 6.19. The highest BCUT2D eigenvalue weighted by molar-refractivity contribution is 6.16. The van der Waals surface area contributed by atoms with Crippen molar-refractivity contribution >= 4 is 11.6 Å². The van der Waals surface area contributed by atoms with Gasteiger partial charge in [0.1, 0.15) is 6.61 Å². The van der Waals surface area contributed by atoms with Gasteiger partial charge in [-0.25, -0.2) is 0 Å². The van der Waals surface area contributed by atoms with E-state index in [-0.39, 0.29) is 11.3 Å². The molecule has 0 amide bonds. The smallest absolute Gasteiger partial charge is 0.223 e. The van der Waals surface area contributed by atoms with Gasteiger partial charge in [-0.05, 0) is 18.1 Å². The number of hydrogen-bond acceptors (Lipinski definition) is 2. The Morgan fingerprint density at radius 2 is 2.11 bits per heavy atom. The number of aryl methyl sites for hydroxylation is 1. The Morgan fingerprint density at radius 3 is 2.78 bits per heavy atom. The van der Waals surface area contributed by atoms with Gasteiger partial charge in [0.05, 0.1) is 5.88 Å². The highest BCUT2D eigenvalue weighted by atomic mass is 35.5. The molecule has 0 fully saturated rings. The molecule has 0 bridgehead atoms. The second-order valence-corrected chi connectivity index (χ2v) is 4.30. The summed E-state index contributed by atoms with van der Waals surface area (Å²) in [5.74, 6) is 0.597. The molecule has 2 rings (SSSR count). The van der Waals surface area contributed by atoms with Crippen LogP contribution in [0.4, 0.5) is 0 Å². The summed E-state index contributed by atoms with van der Waals surface area (Å²) in [6.07, 6.45) is 1.55. The minimum atomic E-state index is -0.155. The van der Waals surface area contributed by atoms with Gasteiger partial charge in [-0.2, -0.15) is 0 Å². The second-order valence-electron chi connectivity index (χ2n) is 4.04. The number of H-pyrrole nitrogens is 1. The number of alkyl halides is 1. The van der Waals surface area contributed by atoms with E-state index in [0.717, 1.165) is 11.1 Å². The summed E-state index contributed by atoms with van der Waals surface area (Å²) in [5, 5.41) is 0. The molecule has 0 radical (unpaired) electrons. The van der Waals surface area contributed by atoms with Gasteiger partial charge in [-0.3, -0.25) is 4.79 Å². The van der Waals surface area contributed by atoms with Crippen LogP contribution in [0.2, 0.25) is 0 Å². The Labute approximate surface area is 110 Å². The van der Waals surface area contributed by atoms with Crippen molar-refractivity contribution in [2.24, 2.45) is 0 Å². The summed E-state index contributed by atoms with van der Waals surface area (Å²) in [5.41, 5.74) is 2.74. The van der Waals surface area contributed by atoms with Gasteiger partial charge < -0.3 is 9.72 Å². The Hall–Kier alpha value is -1.74. The van der Waals surface area contributed by atoms with E-state index in [1.165, 1.54) is 6.07 Å². The first kappa shape index (κ1) is 12.7. The molecule has 2 aromatic rings. The van der Waals surface area contributed by atoms with Crippen LogP contribution in [0.1, 0.15) is 16.8 Å². The van der Waals surface area contributed by atoms with Crippen LogP contribution < -0.4 is 10.2 Å². The number of hydrogen-bond donors (Lipinski definition) is 1. The second kappa shape index (κ2) is 5.74. The van der Waals surface area contributed by atoms with Crippen LogP contribution in [-0.2, 0) is 12.5 Å². The minimum absolute atomic E-state index is 0.155. The first-order valence-electron chi connectivity index (χ1n) is 5.65. The molecule has 0 saturated heterocycles. The van der Waals surface area contributed by atoms with Crippen LogP contribution in [0, 0.1) is 6.92 Å². The fourth-order valence-corrected chi connectivity index (χ4v) is 1.77. The molecule has 0 aliphatic heterocycles. The largest absolute Gasteiger partial charge is 0.483 e. The van der Waals surface area contributed by atoms with Crippen LogP contribution in [0.5, 0.6) is 5.75 Å². The van der Waals surface area contributed by atoms with Gasteiger partial charge in [-0.1, -0.05) is 24.3 Å². The lowest BCUT2D eigenvalue weighted by atomic mass is 10.1. The Kier molecular flexibility index (Phi) is 4.05. The molecule has 0 aliphatic carbocycles. The Balaban J connectivity index is 2.11. The number of nitrogens with one attached hydrogen (secondary N) is 1. The van der Waals surface area contributed by atoms with E-state index >= 15 is 0 Å². The van der Waals surface area contributed by atoms with Gasteiger partial charge in [0, 0.05) is 18.0 Å². The number of aromatic amines is 1. The lowest BCUT2D eigenvalue weighted by Gasteiger charge is -2.08. The maximum atomic E-state index is 11.7. The number of aromatic nitrogens is 1. The zero-order chi connectivity index (χ0) is 13.0. The molecule has 1 aromatic heterocycles. The molecule has 18 heavy (non-hydrogen) atoms. The van der Waals surface area contributed by atoms with Crippen molar-refractivity contribution in [2.75, 3.05) is 0 Å². The SMILES string of the molecule is Cc1ccccc1COc1c[nH]c(CCl)cc1=O. The van der Waals surface area contributed by atoms with E-state index in [1.807, 2.05) is 31.2 Å². The van der Waals surface area contributed by atoms with Crippen molar-refractivity contribution < 1.29 is 4.74 Å². The van der Waals surface area contributed by atoms with E-state index in [4.69, 9.17) is 16.3 Å². The van der Waals surface area contributed by atoms with Crippen molar-refractivity contribution in [2.45, 2.75) is 19.4 Å². The summed E-state index contributed by atoms with van der Waals surface area (Å²) < 4.78 is 5.52. The first-order chi connectivity index (χ1) is 8.70. The molecule has 94 valence electrons. The van der Waals surface area contributed by atoms with E-state index in [1.54, 1.807) is 6.20 Å². The molecule has 1 N–H and O–H groups in total. The van der Waals surface area contributed by atoms with Crippen molar-refractivity contribution in [1.29, 1.82) is 0 Å². The minimum Gasteiger partial charge on any atom is -0.483 e. The maximum Gasteiger partial charge on any atom is 0.223 e. The van der Waals surface area contributed by atoms with Crippen molar-refractivity contribution in [3.63, 3.8) is 0 Å². The molecule has 1 heterocycles. The van der Waals surface area contributed by atoms with Gasteiger partial charge >= 0.3 is 0 Å². The zero-order valence-corrected chi connectivity index (χ0v) is 10.8. The Bertz CT molecular complexity index is 592. The third kappa shape index (κ3) is 2.93. The van der Waals surface area contributed by atoms with Gasteiger partial charge in [0.25, 0.3) is 0 Å². The predicted molar refractivity (Wildman–Crippen MR) is 72.1 cm³/mol. The van der Waals surface area contributed by atoms with Crippen molar-refractivity contribution in [3.8, 4) is 5.75 Å². The number of ether oxygens (including phenoxy) is 1. The maximum absolute atomic E-state index is 11.7. The van der Waals surface area contributed by atoms with E-state index < -0.39 is 0 Å². The number of pyridine rings is 1. The average molecular weight is 264 g/mol. The molecular formula is C14H14ClNO2. The van der Waals surface area contributed by atoms with Crippen molar-refractivity contribution in [1.82, 2.24) is 4.98 Å². The molecule has 1 aromatic carbocycles. The number of benzene rings is 1. The average Bonchev–Trinajstić information content (AvgIpc) is 2.39. The molecule has 0 atom stereocenters. The lowest BCUT2D eigenvalue weighted by Crippen LogP contribution is -2.09. The molecule has 3 nitrogen and oxygen atoms in total. The lowest BCUT2D eigenvalue weighted by molar-refractivity contribution is 0.301. The molecule has 0 unspecified atom stereocenters. The van der Waals surface area contributed by atoms with E-state index in [0.29, 0.717) is 18.1 Å². The fraction of sp³-hybridized carbons (Fsp3) is 0.214. The summed E-state index contributed by atoms with van der Waals surface area (Å²) in [7, 11) is 0. The fourth-order valence-electron chi connectivity index (χ4n) is 1.62. The van der Waals surface area contributed by atoms with Gasteiger partial charge in [0.2, 0.25) is 5.43 Å². The highest BCUT2D eigenvalue weighted by Crippen LogP contribution is 2.11. The molecule has 0 aliphatic rings. The third-order valence-electron chi connectivity index (χ3n) is 2.73. The van der Waals surface area contributed by atoms with Gasteiger partial charge in [0.15, 0.2) is 5.75 Å². The Morgan fingerprint density at radius 1 is 1.33 bits per heavy atom. The van der Waals surface area contributed by atoms with Crippen LogP contribution in [0.3, 0.4) is 0 Å². The predicted octanol–water partition coefficient (Wildman–Crippen LogP) is 3.00. The molecule has 0 saturated carbocycles. The normalized spacial score (nSPS) is 10.3. The van der Waals surface area contributed by atoms with Crippen LogP contribution >= 0.6 is 11.6 Å². The van der Waals surface area contributed by atoms with E-state index in [9.17, 15) is 4.79 Å². The monoisotopic (exact) mass is 263 g/mol. The summed E-state index contributed by atoms with van der Waals surface area (Å²) in [6, 6.07) is 9.38. The summed E-state index contributed by atoms with van der Waals surface area (Å²) in [6.45, 7) is 2.40. The summed E-state index contributed by atoms with van der Waals surface area (Å²) in [4.78, 5) is 14.6. The van der Waals surface area contributed by atoms with Crippen molar-refractivity contribution in [3.05, 3.63) is 63.6 Å². The highest BCUT2D eigenvalue weighted by Gasteiger charge is 2.03. The number of halogens is 1. The zero-order valence-electron chi connectivity index (χ0n) is 10.1. The summed E-state index contributed by atoms with van der Waals surface area (Å²) >= 11 is 5.63. The topological polar surface area (TPSA) is 42.1 Å². The quantitative estimate of drug-likeness (QED) is 0.862. The standard InChI is InChI=1S/C14H14ClNO2/c1-10-4-2-3-5-11(10)9-18-14-8-16-12(7-15)6-13(14)17/h2-6,8H,7,9H2,1H3,(H,16,17). The van der Waals surface area contributed by atoms with Crippen LogP contribution in [0.25, 0.3) is 0 Å². The third-order valence-corrected chi connectivity index (χ3v) is 3.01. The molecule has 0 spiro atoms. The number of rotatable bonds is 4. The molecular weight excluding hydrogens is 250 g/mol. The van der Waals surface area contributed by atoms with Crippen LogP contribution in [-0.4, -0.2) is 4.98 Å². The van der Waals surface area contributed by atoms with E-state index in [2.05, 4.69) is 4.98 Å². The van der Waals surface area contributed by atoms with Gasteiger partial charge in [-0.15, -0.1) is 11.6 Å². The van der Waals surface area contributed by atoms with Crippen LogP contribution in [0.15, 0.2) is 41.3 Å².